The van der Waals surface area contributed by atoms with Crippen molar-refractivity contribution in [3.8, 4) is 119 Å². The van der Waals surface area contributed by atoms with Crippen LogP contribution in [0.15, 0.2) is 42.5 Å². The molecule has 56 heavy (non-hydrogen) atoms. The zero-order chi connectivity index (χ0) is 40.5. The molecule has 1 saturated heterocycles. The number of carbonyl (C=O) groups is 2. The molecule has 0 saturated carbocycles. The Kier molecular flexibility index (Phi) is 23.3. The number of amides is 2. The lowest BCUT2D eigenvalue weighted by Gasteiger charge is -2.24. The molecule has 11 nitrogen and oxygen atoms in total. The minimum atomic E-state index is -4.43. The van der Waals surface area contributed by atoms with E-state index in [2.05, 4.69) is 134 Å². The van der Waals surface area contributed by atoms with Gasteiger partial charge in [-0.3, -0.25) is 14.4 Å². The Morgan fingerprint density at radius 2 is 1.41 bits per heavy atom. The highest BCUT2D eigenvalue weighted by Crippen LogP contribution is 2.48. The largest absolute Gasteiger partial charge is 0.508 e. The molecule has 5 atom stereocenters. The predicted molar refractivity (Wildman–Crippen MR) is 210 cm³/mol. The van der Waals surface area contributed by atoms with Gasteiger partial charge < -0.3 is 24.4 Å². The predicted octanol–water partition coefficient (Wildman–Crippen LogP) is 3.41. The van der Waals surface area contributed by atoms with Crippen molar-refractivity contribution >= 4 is 27.9 Å². The molecule has 1 aliphatic heterocycles. The maximum Gasteiger partial charge on any atom is 0.508 e. The molecule has 2 rings (SSSR count). The first kappa shape index (κ1) is 45.4. The van der Waals surface area contributed by atoms with E-state index in [0.29, 0.717) is 25.8 Å². The quantitative estimate of drug-likeness (QED) is 0.0495. The Morgan fingerprint density at radius 1 is 0.839 bits per heavy atom. The van der Waals surface area contributed by atoms with Gasteiger partial charge in [-0.05, 0) is 85.5 Å². The number of carbonyl (C=O) groups excluding carboxylic acids is 2. The van der Waals surface area contributed by atoms with Crippen LogP contribution < -0.4 is 10.6 Å². The third-order valence-electron chi connectivity index (χ3n) is 6.68. The van der Waals surface area contributed by atoms with Crippen LogP contribution in [0.3, 0.4) is 0 Å². The van der Waals surface area contributed by atoms with Gasteiger partial charge in [-0.2, -0.15) is 0 Å². The number of unbranched alkanes of at least 4 members (excludes halogenated alkanes) is 2. The van der Waals surface area contributed by atoms with E-state index in [1.165, 1.54) is 0 Å². The molecular formula is C43H34BN2O9P. The molecule has 0 aliphatic carbocycles. The minimum absolute atomic E-state index is 0.0101. The molecule has 1 heterocycles. The second kappa shape index (κ2) is 28.7. The van der Waals surface area contributed by atoms with E-state index < -0.39 is 44.1 Å². The monoisotopic (exact) mass is 764 g/mol. The zero-order valence-electron chi connectivity index (χ0n) is 30.5. The molecule has 0 spiro atoms. The van der Waals surface area contributed by atoms with Crippen LogP contribution in [0, 0.1) is 124 Å². The Labute approximate surface area is 330 Å². The van der Waals surface area contributed by atoms with Crippen LogP contribution in [-0.2, 0) is 34.4 Å². The van der Waals surface area contributed by atoms with Gasteiger partial charge in [0.15, 0.2) is 0 Å². The van der Waals surface area contributed by atoms with E-state index in [9.17, 15) is 19.0 Å². The minimum Gasteiger partial charge on any atom is -0.431 e. The van der Waals surface area contributed by atoms with Crippen molar-refractivity contribution in [2.45, 2.75) is 57.4 Å². The number of urea groups is 1. The maximum absolute atomic E-state index is 12.3. The second-order valence-corrected chi connectivity index (χ2v) is 12.1. The Balaban J connectivity index is 1.67. The van der Waals surface area contributed by atoms with Crippen LogP contribution in [0.25, 0.3) is 0 Å². The summed E-state index contributed by atoms with van der Waals surface area (Å²) in [7, 11) is 2.78. The molecule has 0 bridgehead atoms. The van der Waals surface area contributed by atoms with Crippen molar-refractivity contribution in [2.24, 2.45) is 5.92 Å². The number of allylic oxidation sites excluding steroid dienone is 2. The van der Waals surface area contributed by atoms with Crippen molar-refractivity contribution in [1.82, 2.24) is 10.6 Å². The van der Waals surface area contributed by atoms with Crippen molar-refractivity contribution in [1.29, 1.82) is 0 Å². The van der Waals surface area contributed by atoms with Gasteiger partial charge in [0.1, 0.15) is 33.3 Å². The molecule has 2 amide bonds. The summed E-state index contributed by atoms with van der Waals surface area (Å²) in [6, 6.07) is 10.1. The van der Waals surface area contributed by atoms with E-state index in [-0.39, 0.29) is 13.2 Å². The van der Waals surface area contributed by atoms with Crippen molar-refractivity contribution < 1.29 is 42.3 Å². The van der Waals surface area contributed by atoms with Gasteiger partial charge >= 0.3 is 20.0 Å². The average molecular weight is 765 g/mol. The van der Waals surface area contributed by atoms with Crippen LogP contribution in [-0.4, -0.2) is 63.4 Å². The summed E-state index contributed by atoms with van der Waals surface area (Å²) in [4.78, 5) is 34.0. The summed E-state index contributed by atoms with van der Waals surface area (Å²) >= 11 is 0. The van der Waals surface area contributed by atoms with Crippen LogP contribution in [0.1, 0.15) is 38.2 Å². The molecule has 1 fully saturated rings. The summed E-state index contributed by atoms with van der Waals surface area (Å²) < 4.78 is 38.2. The number of ether oxygens (including phenoxy) is 3. The van der Waals surface area contributed by atoms with Crippen LogP contribution in [0.2, 0.25) is 0 Å². The Hall–Kier alpha value is -6.77. The van der Waals surface area contributed by atoms with E-state index in [4.69, 9.17) is 26.6 Å². The molecule has 0 aromatic heterocycles. The highest BCUT2D eigenvalue weighted by molar-refractivity contribution is 7.47. The smallest absolute Gasteiger partial charge is 0.431 e. The molecule has 3 N–H and O–H groups in total. The first-order valence-electron chi connectivity index (χ1n) is 16.7. The molecule has 1 aromatic rings. The van der Waals surface area contributed by atoms with Gasteiger partial charge in [-0.15, -0.1) is 0 Å². The third-order valence-corrected chi connectivity index (χ3v) is 7.65. The molecule has 2 unspecified atom stereocenters. The Morgan fingerprint density at radius 3 is 1.98 bits per heavy atom. The van der Waals surface area contributed by atoms with Crippen LogP contribution in [0.5, 0.6) is 0 Å². The first-order valence-corrected chi connectivity index (χ1v) is 18.2. The first-order chi connectivity index (χ1) is 27.3. The fourth-order valence-electron chi connectivity index (χ4n) is 4.18. The number of phosphoric acid groups is 1. The number of hydrogen-bond donors (Lipinski definition) is 3. The van der Waals surface area contributed by atoms with Crippen molar-refractivity contribution in [3.05, 3.63) is 48.0 Å². The van der Waals surface area contributed by atoms with E-state index >= 15 is 0 Å². The van der Waals surface area contributed by atoms with Crippen LogP contribution >= 0.6 is 7.82 Å². The molecule has 1 aliphatic rings. The summed E-state index contributed by atoms with van der Waals surface area (Å²) in [5.41, 5.74) is 0.776. The van der Waals surface area contributed by atoms with Gasteiger partial charge in [0.05, 0.1) is 0 Å². The normalized spacial score (nSPS) is 16.3. The Bertz CT molecular complexity index is 2250. The number of benzene rings is 1. The van der Waals surface area contributed by atoms with Crippen molar-refractivity contribution in [3.63, 3.8) is 0 Å². The molecular weight excluding hydrogens is 730 g/mol. The summed E-state index contributed by atoms with van der Waals surface area (Å²) in [5, 5.41) is 5.05. The molecule has 2 radical (unpaired) electrons. The maximum atomic E-state index is 12.3. The topological polar surface area (TPSA) is 142 Å². The fraction of sp³-hybridized carbons (Fsp3) is 0.302. The summed E-state index contributed by atoms with van der Waals surface area (Å²) in [6.45, 7) is 1.78. The van der Waals surface area contributed by atoms with Gasteiger partial charge in [0.25, 0.3) is 0 Å². The molecule has 278 valence electrons. The third kappa shape index (κ3) is 21.7. The summed E-state index contributed by atoms with van der Waals surface area (Å²) in [5.74, 6) is 47.0. The number of rotatable bonds is 14. The fourth-order valence-corrected chi connectivity index (χ4v) is 4.87. The number of nitrogens with one attached hydrogen (secondary N) is 2. The molecule has 13 heteroatoms. The van der Waals surface area contributed by atoms with Gasteiger partial charge in [0, 0.05) is 90.8 Å². The van der Waals surface area contributed by atoms with E-state index in [1.807, 2.05) is 30.4 Å². The van der Waals surface area contributed by atoms with Gasteiger partial charge in [0.2, 0.25) is 0 Å². The lowest BCUT2D eigenvalue weighted by atomic mass is 9.82. The zero-order valence-corrected chi connectivity index (χ0v) is 31.4. The van der Waals surface area contributed by atoms with Gasteiger partial charge in [-0.25, -0.2) is 14.2 Å². The number of hydrogen-bond acceptors (Lipinski definition) is 8. The average Bonchev–Trinajstić information content (AvgIpc) is 3.48. The van der Waals surface area contributed by atoms with Crippen molar-refractivity contribution in [2.75, 3.05) is 20.3 Å². The molecule has 1 aromatic carbocycles. The highest BCUT2D eigenvalue weighted by atomic mass is 31.2. The van der Waals surface area contributed by atoms with Gasteiger partial charge in [-0.1, -0.05) is 48.4 Å². The second-order valence-electron chi connectivity index (χ2n) is 10.6. The summed E-state index contributed by atoms with van der Waals surface area (Å²) in [6.07, 6.45) is 3.36. The van der Waals surface area contributed by atoms with E-state index in [0.717, 1.165) is 19.1 Å². The lowest BCUT2D eigenvalue weighted by Crippen LogP contribution is -2.34. The van der Waals surface area contributed by atoms with E-state index in [1.54, 1.807) is 19.1 Å². The SMILES string of the molecule is [B][C@@H]1O[C@H](COC(=O)OCc2ccccc2)C(OP(=O)(O)OC)[C@@H]1C/C=C/CCCCNC(=O)NC#CC#CC#CC#CC#CC#CC#CC#CC#CC#CC. The van der Waals surface area contributed by atoms with Crippen LogP contribution in [0.4, 0.5) is 9.59 Å². The standard InChI is InChI=1S/C43H34BN2O9P/c1-3-4-5-6-7-8-9-10-11-12-13-14-15-16-17-18-19-22-28-33-45-42(47)46-34-29-23-20-21-27-32-38-40(55-56(49,50)51-2)39(54-41(38)44)36-53-43(48)52-35-37-30-25-24-26-31-37/h21,24-27,30-31,38-41H,20,23,29,32,34-36H2,1-2H3,(H,49,50)(H2,45,46,47)/b27-21+/t38-,39+,40?,41+/m0/s1. The lowest BCUT2D eigenvalue weighted by molar-refractivity contribution is -0.0303. The highest BCUT2D eigenvalue weighted by Gasteiger charge is 2.46. The number of phosphoric ester groups is 1.